The smallest absolute Gasteiger partial charge is 0.100 e. The van der Waals surface area contributed by atoms with Gasteiger partial charge in [-0.25, -0.2) is 0 Å². The van der Waals surface area contributed by atoms with Crippen molar-refractivity contribution in [1.82, 2.24) is 0 Å². The first kappa shape index (κ1) is 8.20. The summed E-state index contributed by atoms with van der Waals surface area (Å²) in [7, 11) is 0. The highest BCUT2D eigenvalue weighted by Gasteiger charge is 1.96. The molecule has 0 fully saturated rings. The zero-order valence-corrected chi connectivity index (χ0v) is 5.46. The van der Waals surface area contributed by atoms with Crippen LogP contribution in [0.1, 0.15) is 0 Å². The van der Waals surface area contributed by atoms with E-state index in [1.54, 1.807) is 6.07 Å². The maximum atomic E-state index is 8.38. The number of rotatable bonds is 2. The number of nitriles is 2. The minimum Gasteiger partial charge on any atom is -0.192 e. The quantitative estimate of drug-likeness (QED) is 0.422. The Morgan fingerprint density at radius 2 is 1.90 bits per heavy atom. The van der Waals surface area contributed by atoms with E-state index in [-0.39, 0.29) is 11.1 Å². The summed E-state index contributed by atoms with van der Waals surface area (Å²) in [4.78, 5) is 0. The van der Waals surface area contributed by atoms with Gasteiger partial charge in [-0.2, -0.15) is 10.5 Å². The lowest BCUT2D eigenvalue weighted by Crippen LogP contribution is -1.78. The van der Waals surface area contributed by atoms with Gasteiger partial charge in [-0.15, -0.1) is 0 Å². The lowest BCUT2D eigenvalue weighted by atomic mass is 10.1. The standard InChI is InChI=1S/C8H6N2/c1-3-4-8(6-10)7(2)5-9/h3-4H,1-2H2/b8-4-. The molecule has 0 aromatic heterocycles. The van der Waals surface area contributed by atoms with E-state index in [0.717, 1.165) is 0 Å². The predicted octanol–water partition coefficient (Wildman–Crippen LogP) is 1.70. The van der Waals surface area contributed by atoms with E-state index in [1.807, 2.05) is 6.07 Å². The molecular weight excluding hydrogens is 124 g/mol. The van der Waals surface area contributed by atoms with Crippen LogP contribution in [-0.4, -0.2) is 0 Å². The Kier molecular flexibility index (Phi) is 3.38. The average Bonchev–Trinajstić information content (AvgIpc) is 1.99. The van der Waals surface area contributed by atoms with Crippen molar-refractivity contribution in [3.63, 3.8) is 0 Å². The predicted molar refractivity (Wildman–Crippen MR) is 38.6 cm³/mol. The topological polar surface area (TPSA) is 47.6 Å². The molecule has 0 unspecified atom stereocenters. The second-order valence-corrected chi connectivity index (χ2v) is 1.52. The molecule has 0 N–H and O–H groups in total. The van der Waals surface area contributed by atoms with Crippen molar-refractivity contribution in [3.05, 3.63) is 36.5 Å². The maximum Gasteiger partial charge on any atom is 0.100 e. The van der Waals surface area contributed by atoms with E-state index in [4.69, 9.17) is 10.5 Å². The highest BCUT2D eigenvalue weighted by atomic mass is 14.3. The molecule has 0 aromatic rings. The fraction of sp³-hybridized carbons (Fsp3) is 0. The molecule has 48 valence electrons. The van der Waals surface area contributed by atoms with Crippen LogP contribution >= 0.6 is 0 Å². The Hall–Kier alpha value is -1.80. The molecule has 0 saturated carbocycles. The summed E-state index contributed by atoms with van der Waals surface area (Å²) >= 11 is 0. The van der Waals surface area contributed by atoms with Gasteiger partial charge in [0.05, 0.1) is 17.2 Å². The molecule has 0 rings (SSSR count). The first-order chi connectivity index (χ1) is 4.76. The number of nitrogens with zero attached hydrogens (tertiary/aromatic N) is 2. The SMILES string of the molecule is C=C/C=C(/C#N)C(=C)C#N. The van der Waals surface area contributed by atoms with Crippen LogP contribution in [0.4, 0.5) is 0 Å². The van der Waals surface area contributed by atoms with Crippen molar-refractivity contribution in [1.29, 1.82) is 10.5 Å². The highest BCUT2D eigenvalue weighted by Crippen LogP contribution is 2.03. The van der Waals surface area contributed by atoms with Gasteiger partial charge in [-0.05, 0) is 6.08 Å². The summed E-state index contributed by atoms with van der Waals surface area (Å²) in [5, 5.41) is 16.7. The molecule has 0 amide bonds. The molecule has 2 heteroatoms. The van der Waals surface area contributed by atoms with Gasteiger partial charge in [0.15, 0.2) is 0 Å². The summed E-state index contributed by atoms with van der Waals surface area (Å²) < 4.78 is 0. The molecule has 0 radical (unpaired) electrons. The van der Waals surface area contributed by atoms with Crippen molar-refractivity contribution in [2.45, 2.75) is 0 Å². The third-order valence-corrected chi connectivity index (χ3v) is 0.865. The van der Waals surface area contributed by atoms with Crippen LogP contribution in [0, 0.1) is 22.7 Å². The monoisotopic (exact) mass is 130 g/mol. The van der Waals surface area contributed by atoms with Gasteiger partial charge in [-0.3, -0.25) is 0 Å². The molecule has 0 aliphatic rings. The summed E-state index contributed by atoms with van der Waals surface area (Å²) in [5.41, 5.74) is 0.430. The molecule has 0 aliphatic carbocycles. The Balaban J connectivity index is 4.60. The molecule has 0 aliphatic heterocycles. The van der Waals surface area contributed by atoms with E-state index >= 15 is 0 Å². The van der Waals surface area contributed by atoms with Crippen molar-refractivity contribution >= 4 is 0 Å². The summed E-state index contributed by atoms with van der Waals surface area (Å²) in [5.74, 6) is 0. The van der Waals surface area contributed by atoms with E-state index in [2.05, 4.69) is 13.2 Å². The first-order valence-electron chi connectivity index (χ1n) is 2.58. The minimum absolute atomic E-state index is 0.169. The fourth-order valence-corrected chi connectivity index (χ4v) is 0.383. The third kappa shape index (κ3) is 1.98. The van der Waals surface area contributed by atoms with Crippen molar-refractivity contribution in [2.75, 3.05) is 0 Å². The Labute approximate surface area is 60.0 Å². The van der Waals surface area contributed by atoms with E-state index in [1.165, 1.54) is 12.2 Å². The fourth-order valence-electron chi connectivity index (χ4n) is 0.383. The minimum atomic E-state index is 0.169. The van der Waals surface area contributed by atoms with Gasteiger partial charge in [0, 0.05) is 0 Å². The van der Waals surface area contributed by atoms with Crippen molar-refractivity contribution in [3.8, 4) is 12.1 Å². The van der Waals surface area contributed by atoms with Gasteiger partial charge in [0.2, 0.25) is 0 Å². The van der Waals surface area contributed by atoms with E-state index in [9.17, 15) is 0 Å². The van der Waals surface area contributed by atoms with Gasteiger partial charge in [0.1, 0.15) is 6.07 Å². The van der Waals surface area contributed by atoms with Crippen molar-refractivity contribution < 1.29 is 0 Å². The number of hydrogen-bond donors (Lipinski definition) is 0. The lowest BCUT2D eigenvalue weighted by molar-refractivity contribution is 1.44. The zero-order chi connectivity index (χ0) is 7.98. The van der Waals surface area contributed by atoms with Crippen LogP contribution in [0.15, 0.2) is 36.5 Å². The number of allylic oxidation sites excluding steroid dienone is 4. The molecular formula is C8H6N2. The molecule has 0 atom stereocenters. The largest absolute Gasteiger partial charge is 0.192 e. The molecule has 2 nitrogen and oxygen atoms in total. The van der Waals surface area contributed by atoms with Gasteiger partial charge >= 0.3 is 0 Å². The highest BCUT2D eigenvalue weighted by molar-refractivity contribution is 5.49. The lowest BCUT2D eigenvalue weighted by Gasteiger charge is -1.86. The molecule has 0 heterocycles. The first-order valence-corrected chi connectivity index (χ1v) is 2.58. The molecule has 0 spiro atoms. The van der Waals surface area contributed by atoms with Crippen molar-refractivity contribution in [2.24, 2.45) is 0 Å². The third-order valence-electron chi connectivity index (χ3n) is 0.865. The average molecular weight is 130 g/mol. The Bertz CT molecular complexity index is 258. The Morgan fingerprint density at radius 1 is 1.30 bits per heavy atom. The van der Waals surface area contributed by atoms with Crippen LogP contribution in [0.3, 0.4) is 0 Å². The summed E-state index contributed by atoms with van der Waals surface area (Å²) in [6, 6.07) is 3.59. The molecule has 0 aromatic carbocycles. The second kappa shape index (κ2) is 4.12. The molecule has 0 saturated heterocycles. The molecule has 10 heavy (non-hydrogen) atoms. The summed E-state index contributed by atoms with van der Waals surface area (Å²) in [6.07, 6.45) is 2.90. The summed E-state index contributed by atoms with van der Waals surface area (Å²) in [6.45, 7) is 6.75. The molecule has 0 bridgehead atoms. The van der Waals surface area contributed by atoms with Crippen LogP contribution in [0.2, 0.25) is 0 Å². The van der Waals surface area contributed by atoms with Gasteiger partial charge < -0.3 is 0 Å². The Morgan fingerprint density at radius 3 is 2.20 bits per heavy atom. The zero-order valence-electron chi connectivity index (χ0n) is 5.46. The second-order valence-electron chi connectivity index (χ2n) is 1.52. The van der Waals surface area contributed by atoms with Crippen LogP contribution in [-0.2, 0) is 0 Å². The number of hydrogen-bond acceptors (Lipinski definition) is 2. The van der Waals surface area contributed by atoms with E-state index in [0.29, 0.717) is 0 Å². The van der Waals surface area contributed by atoms with Crippen LogP contribution in [0.25, 0.3) is 0 Å². The van der Waals surface area contributed by atoms with E-state index < -0.39 is 0 Å². The van der Waals surface area contributed by atoms with Gasteiger partial charge in [0.25, 0.3) is 0 Å². The normalized spacial score (nSPS) is 9.20. The van der Waals surface area contributed by atoms with Crippen LogP contribution < -0.4 is 0 Å². The van der Waals surface area contributed by atoms with Crippen LogP contribution in [0.5, 0.6) is 0 Å². The maximum absolute atomic E-state index is 8.38. The van der Waals surface area contributed by atoms with Gasteiger partial charge in [-0.1, -0.05) is 19.2 Å².